The van der Waals surface area contributed by atoms with Crippen molar-refractivity contribution in [2.24, 2.45) is 7.05 Å². The minimum absolute atomic E-state index is 0.0371. The normalized spacial score (nSPS) is 15.3. The zero-order valence-corrected chi connectivity index (χ0v) is 17.1. The third kappa shape index (κ3) is 2.77. The molecule has 0 radical (unpaired) electrons. The molecule has 31 heavy (non-hydrogen) atoms. The van der Waals surface area contributed by atoms with Crippen LogP contribution in [0.15, 0.2) is 53.8 Å². The number of aromatic nitrogens is 7. The van der Waals surface area contributed by atoms with Crippen LogP contribution in [0.25, 0.3) is 33.6 Å². The van der Waals surface area contributed by atoms with Crippen molar-refractivity contribution in [1.29, 1.82) is 0 Å². The summed E-state index contributed by atoms with van der Waals surface area (Å²) in [5.74, 6) is 1.71. The van der Waals surface area contributed by atoms with Gasteiger partial charge in [0, 0.05) is 44.1 Å². The van der Waals surface area contributed by atoms with Crippen LogP contribution < -0.4 is 10.6 Å². The van der Waals surface area contributed by atoms with Crippen molar-refractivity contribution in [3.63, 3.8) is 0 Å². The maximum Gasteiger partial charge on any atom is 0.326 e. The van der Waals surface area contributed by atoms with Crippen LogP contribution in [0.5, 0.6) is 0 Å². The fraction of sp³-hybridized carbons (Fsp3) is 0.273. The quantitative estimate of drug-likeness (QED) is 0.473. The second kappa shape index (κ2) is 6.83. The van der Waals surface area contributed by atoms with Crippen molar-refractivity contribution >= 4 is 28.0 Å². The molecule has 9 nitrogen and oxygen atoms in total. The largest absolute Gasteiger partial charge is 0.367 e. The molecule has 0 amide bonds. The molecule has 1 aliphatic heterocycles. The Kier molecular flexibility index (Phi) is 3.95. The van der Waals surface area contributed by atoms with Crippen molar-refractivity contribution in [2.45, 2.75) is 18.9 Å². The first kappa shape index (κ1) is 17.9. The highest BCUT2D eigenvalue weighted by atomic mass is 16.1. The molecule has 1 aliphatic rings. The highest BCUT2D eigenvalue weighted by Gasteiger charge is 2.26. The van der Waals surface area contributed by atoms with Gasteiger partial charge in [-0.15, -0.1) is 0 Å². The number of imidazole rings is 2. The number of fused-ring (bicyclic) bond motifs is 2. The number of rotatable bonds is 3. The van der Waals surface area contributed by atoms with Crippen LogP contribution in [-0.4, -0.2) is 47.1 Å². The topological polar surface area (TPSA) is 100 Å². The van der Waals surface area contributed by atoms with Crippen LogP contribution in [0, 0.1) is 0 Å². The molecule has 2 N–H and O–H groups in total. The van der Waals surface area contributed by atoms with E-state index in [1.807, 2.05) is 58.9 Å². The summed E-state index contributed by atoms with van der Waals surface area (Å²) >= 11 is 0. The summed E-state index contributed by atoms with van der Waals surface area (Å²) in [5, 5.41) is 0. The molecule has 0 spiro atoms. The molecule has 5 aromatic rings. The van der Waals surface area contributed by atoms with Crippen LogP contribution in [0.2, 0.25) is 0 Å². The molecule has 0 atom stereocenters. The molecular formula is C22H22N8O. The summed E-state index contributed by atoms with van der Waals surface area (Å²) in [5.41, 5.74) is 4.46. The molecule has 5 heterocycles. The van der Waals surface area contributed by atoms with Gasteiger partial charge in [-0.2, -0.15) is 0 Å². The molecule has 9 heteroatoms. The Morgan fingerprint density at radius 3 is 2.74 bits per heavy atom. The van der Waals surface area contributed by atoms with Crippen LogP contribution >= 0.6 is 0 Å². The van der Waals surface area contributed by atoms with Crippen molar-refractivity contribution < 1.29 is 0 Å². The molecule has 0 unspecified atom stereocenters. The maximum atomic E-state index is 12.6. The van der Waals surface area contributed by atoms with Crippen LogP contribution in [0.3, 0.4) is 0 Å². The Morgan fingerprint density at radius 1 is 1.10 bits per heavy atom. The average molecular weight is 414 g/mol. The van der Waals surface area contributed by atoms with Gasteiger partial charge in [-0.1, -0.05) is 12.1 Å². The lowest BCUT2D eigenvalue weighted by Crippen LogP contribution is -2.37. The van der Waals surface area contributed by atoms with E-state index in [2.05, 4.69) is 24.8 Å². The Balaban J connectivity index is 1.32. The van der Waals surface area contributed by atoms with E-state index >= 15 is 0 Å². The minimum atomic E-state index is -0.0371. The molecule has 0 aliphatic carbocycles. The smallest absolute Gasteiger partial charge is 0.326 e. The third-order valence-electron chi connectivity index (χ3n) is 6.25. The number of anilines is 1. The van der Waals surface area contributed by atoms with E-state index < -0.39 is 0 Å². The molecule has 1 fully saturated rings. The van der Waals surface area contributed by atoms with Crippen LogP contribution in [0.4, 0.5) is 5.82 Å². The number of benzene rings is 1. The zero-order chi connectivity index (χ0) is 20.9. The Morgan fingerprint density at radius 2 is 1.94 bits per heavy atom. The Hall–Kier alpha value is -3.88. The average Bonchev–Trinajstić information content (AvgIpc) is 3.51. The van der Waals surface area contributed by atoms with Crippen molar-refractivity contribution in [1.82, 2.24) is 34.1 Å². The first-order chi connectivity index (χ1) is 15.2. The molecule has 4 aromatic heterocycles. The van der Waals surface area contributed by atoms with E-state index in [0.29, 0.717) is 0 Å². The van der Waals surface area contributed by atoms with Gasteiger partial charge >= 0.3 is 5.69 Å². The lowest BCUT2D eigenvalue weighted by atomic mass is 10.0. The standard InChI is InChI=1S/C22H22N8O/c1-28-19(14-6-9-23-12-14)27-18-20(28)24-13-25-21(18)29-10-7-15(8-11-29)30-17-5-3-2-4-16(17)26-22(30)31/h2-6,9,12-13,15,23H,7-8,10-11H2,1H3,(H,26,31). The number of aromatic amines is 2. The van der Waals surface area contributed by atoms with E-state index in [1.165, 1.54) is 0 Å². The summed E-state index contributed by atoms with van der Waals surface area (Å²) < 4.78 is 3.91. The van der Waals surface area contributed by atoms with Crippen molar-refractivity contribution in [3.05, 3.63) is 59.5 Å². The molecule has 156 valence electrons. The Bertz CT molecular complexity index is 1430. The predicted molar refractivity (Wildman–Crippen MR) is 119 cm³/mol. The maximum absolute atomic E-state index is 12.6. The van der Waals surface area contributed by atoms with Gasteiger partial charge in [0.15, 0.2) is 17.0 Å². The molecular weight excluding hydrogens is 392 g/mol. The van der Waals surface area contributed by atoms with E-state index in [-0.39, 0.29) is 11.7 Å². The lowest BCUT2D eigenvalue weighted by Gasteiger charge is -2.33. The van der Waals surface area contributed by atoms with Crippen LogP contribution in [-0.2, 0) is 7.05 Å². The number of para-hydroxylation sites is 2. The minimum Gasteiger partial charge on any atom is -0.367 e. The second-order valence-corrected chi connectivity index (χ2v) is 8.00. The number of nitrogens with one attached hydrogen (secondary N) is 2. The van der Waals surface area contributed by atoms with Gasteiger partial charge in [0.1, 0.15) is 12.2 Å². The highest BCUT2D eigenvalue weighted by molar-refractivity contribution is 5.86. The molecule has 0 saturated carbocycles. The van der Waals surface area contributed by atoms with Crippen LogP contribution in [0.1, 0.15) is 18.9 Å². The number of nitrogens with zero attached hydrogens (tertiary/aromatic N) is 6. The summed E-state index contributed by atoms with van der Waals surface area (Å²) in [6.07, 6.45) is 7.16. The number of hydrogen-bond acceptors (Lipinski definition) is 5. The fourth-order valence-corrected chi connectivity index (χ4v) is 4.71. The third-order valence-corrected chi connectivity index (χ3v) is 6.25. The zero-order valence-electron chi connectivity index (χ0n) is 17.1. The van der Waals surface area contributed by atoms with E-state index in [1.54, 1.807) is 6.33 Å². The van der Waals surface area contributed by atoms with Crippen molar-refractivity contribution in [2.75, 3.05) is 18.0 Å². The summed E-state index contributed by atoms with van der Waals surface area (Å²) in [6.45, 7) is 1.61. The van der Waals surface area contributed by atoms with Gasteiger partial charge < -0.3 is 19.4 Å². The van der Waals surface area contributed by atoms with Gasteiger partial charge in [0.25, 0.3) is 0 Å². The van der Waals surface area contributed by atoms with Crippen molar-refractivity contribution in [3.8, 4) is 11.4 Å². The SMILES string of the molecule is Cn1c(-c2cc[nH]c2)nc2c(N3CCC(n4c(=O)[nH]c5ccccc54)CC3)ncnc21. The number of hydrogen-bond donors (Lipinski definition) is 2. The van der Waals surface area contributed by atoms with E-state index in [0.717, 1.165) is 65.3 Å². The number of aryl methyl sites for hydroxylation is 1. The first-order valence-corrected chi connectivity index (χ1v) is 10.5. The summed E-state index contributed by atoms with van der Waals surface area (Å²) in [6, 6.07) is 10.0. The lowest BCUT2D eigenvalue weighted by molar-refractivity contribution is 0.395. The number of piperidine rings is 1. The predicted octanol–water partition coefficient (Wildman–Crippen LogP) is 2.84. The summed E-state index contributed by atoms with van der Waals surface area (Å²) in [4.78, 5) is 34.8. The second-order valence-electron chi connectivity index (χ2n) is 8.00. The van der Waals surface area contributed by atoms with E-state index in [4.69, 9.17) is 4.98 Å². The first-order valence-electron chi connectivity index (χ1n) is 10.5. The van der Waals surface area contributed by atoms with Gasteiger partial charge in [0.05, 0.1) is 11.0 Å². The molecule has 0 bridgehead atoms. The van der Waals surface area contributed by atoms with Gasteiger partial charge in [-0.05, 0) is 31.0 Å². The molecule has 6 rings (SSSR count). The van der Waals surface area contributed by atoms with Gasteiger partial charge in [0.2, 0.25) is 0 Å². The summed E-state index contributed by atoms with van der Waals surface area (Å²) in [7, 11) is 1.98. The fourth-order valence-electron chi connectivity index (χ4n) is 4.71. The molecule has 1 saturated heterocycles. The van der Waals surface area contributed by atoms with Gasteiger partial charge in [-0.25, -0.2) is 19.7 Å². The number of H-pyrrole nitrogens is 2. The van der Waals surface area contributed by atoms with Gasteiger partial charge in [-0.3, -0.25) is 4.57 Å². The monoisotopic (exact) mass is 414 g/mol. The Labute approximate surface area is 177 Å². The highest BCUT2D eigenvalue weighted by Crippen LogP contribution is 2.31. The van der Waals surface area contributed by atoms with E-state index in [9.17, 15) is 4.79 Å². The molecule has 1 aromatic carbocycles.